The van der Waals surface area contributed by atoms with Gasteiger partial charge >= 0.3 is 5.97 Å². The Bertz CT molecular complexity index is 590. The number of carboxylic acid groups (broad SMARTS) is 1. The number of carbonyl (C=O) groups is 1. The number of nitrogens with zero attached hydrogens (tertiary/aromatic N) is 2. The normalized spacial score (nSPS) is 12.8. The number of hydrogen-bond acceptors (Lipinski definition) is 5. The predicted molar refractivity (Wildman–Crippen MR) is 57.5 cm³/mol. The van der Waals surface area contributed by atoms with E-state index in [0.717, 1.165) is 11.8 Å². The van der Waals surface area contributed by atoms with Crippen LogP contribution in [0.15, 0.2) is 16.3 Å². The van der Waals surface area contributed by atoms with E-state index < -0.39 is 11.2 Å². The summed E-state index contributed by atoms with van der Waals surface area (Å²) in [5.41, 5.74) is 0.207. The molecule has 3 N–H and O–H groups in total. The molecule has 2 aromatic heterocycles. The third-order valence-corrected chi connectivity index (χ3v) is 2.88. The molecule has 0 unspecified atom stereocenters. The van der Waals surface area contributed by atoms with E-state index in [2.05, 4.69) is 19.9 Å². The minimum absolute atomic E-state index is 0.250. The van der Waals surface area contributed by atoms with E-state index >= 15 is 0 Å². The Labute approximate surface area is 93.3 Å². The van der Waals surface area contributed by atoms with Crippen molar-refractivity contribution in [3.8, 4) is 0 Å². The molecule has 0 saturated heterocycles. The summed E-state index contributed by atoms with van der Waals surface area (Å²) >= 11 is 0.964. The van der Waals surface area contributed by atoms with E-state index in [1.54, 1.807) is 0 Å². The summed E-state index contributed by atoms with van der Waals surface area (Å²) in [5, 5.41) is 8.29. The number of carboxylic acids is 1. The van der Waals surface area contributed by atoms with Gasteiger partial charge in [0.1, 0.15) is 5.25 Å². The zero-order valence-electron chi connectivity index (χ0n) is 8.22. The maximum Gasteiger partial charge on any atom is 0.316 e. The highest BCUT2D eigenvalue weighted by molar-refractivity contribution is 8.00. The molecule has 0 aliphatic carbocycles. The van der Waals surface area contributed by atoms with Crippen LogP contribution in [-0.4, -0.2) is 36.3 Å². The lowest BCUT2D eigenvalue weighted by atomic mass is 10.5. The Morgan fingerprint density at radius 3 is 3.06 bits per heavy atom. The number of thioether (sulfide) groups is 1. The van der Waals surface area contributed by atoms with Gasteiger partial charge in [-0.15, -0.1) is 0 Å². The third-order valence-electron chi connectivity index (χ3n) is 1.91. The number of aromatic amines is 2. The fourth-order valence-corrected chi connectivity index (χ4v) is 1.82. The zero-order valence-corrected chi connectivity index (χ0v) is 9.04. The van der Waals surface area contributed by atoms with Crippen LogP contribution in [0.4, 0.5) is 0 Å². The van der Waals surface area contributed by atoms with Crippen molar-refractivity contribution in [1.29, 1.82) is 0 Å². The van der Waals surface area contributed by atoms with Crippen molar-refractivity contribution in [2.24, 2.45) is 0 Å². The Balaban J connectivity index is 2.39. The molecule has 1 atom stereocenters. The number of rotatable bonds is 3. The smallest absolute Gasteiger partial charge is 0.316 e. The van der Waals surface area contributed by atoms with Crippen molar-refractivity contribution in [3.63, 3.8) is 0 Å². The van der Waals surface area contributed by atoms with E-state index in [-0.39, 0.29) is 21.9 Å². The molecule has 0 aliphatic rings. The van der Waals surface area contributed by atoms with Gasteiger partial charge in [-0.3, -0.25) is 14.6 Å². The van der Waals surface area contributed by atoms with Crippen molar-refractivity contribution in [2.45, 2.75) is 17.3 Å². The van der Waals surface area contributed by atoms with Gasteiger partial charge in [0.05, 0.1) is 6.33 Å². The zero-order chi connectivity index (χ0) is 11.7. The van der Waals surface area contributed by atoms with Crippen molar-refractivity contribution < 1.29 is 9.90 Å². The fraction of sp³-hybridized carbons (Fsp3) is 0.250. The molecule has 0 fully saturated rings. The van der Waals surface area contributed by atoms with Crippen molar-refractivity contribution in [1.82, 2.24) is 19.9 Å². The number of hydrogen-bond donors (Lipinski definition) is 3. The van der Waals surface area contributed by atoms with Crippen LogP contribution in [0.25, 0.3) is 11.2 Å². The van der Waals surface area contributed by atoms with E-state index in [1.807, 2.05) is 0 Å². The number of H-pyrrole nitrogens is 2. The first kappa shape index (κ1) is 10.7. The molecule has 0 bridgehead atoms. The minimum atomic E-state index is -0.963. The van der Waals surface area contributed by atoms with Gasteiger partial charge in [-0.25, -0.2) is 9.97 Å². The lowest BCUT2D eigenvalue weighted by molar-refractivity contribution is -0.136. The molecule has 0 aromatic carbocycles. The number of aromatic nitrogens is 4. The molecular formula is C8H8N4O3S. The minimum Gasteiger partial charge on any atom is -0.480 e. The van der Waals surface area contributed by atoms with Crippen molar-refractivity contribution in [2.75, 3.05) is 0 Å². The van der Waals surface area contributed by atoms with Gasteiger partial charge in [-0.05, 0) is 6.92 Å². The summed E-state index contributed by atoms with van der Waals surface area (Å²) in [5.74, 6) is -0.963. The summed E-state index contributed by atoms with van der Waals surface area (Å²) in [6, 6.07) is 0. The molecule has 84 valence electrons. The molecule has 0 amide bonds. The molecular weight excluding hydrogens is 232 g/mol. The van der Waals surface area contributed by atoms with Gasteiger partial charge in [-0.2, -0.15) is 0 Å². The van der Waals surface area contributed by atoms with Gasteiger partial charge in [0.15, 0.2) is 16.3 Å². The van der Waals surface area contributed by atoms with E-state index in [9.17, 15) is 9.59 Å². The van der Waals surface area contributed by atoms with Crippen LogP contribution in [0.2, 0.25) is 0 Å². The van der Waals surface area contributed by atoms with E-state index in [1.165, 1.54) is 13.3 Å². The second kappa shape index (κ2) is 3.97. The van der Waals surface area contributed by atoms with Crippen LogP contribution in [0, 0.1) is 0 Å². The highest BCUT2D eigenvalue weighted by atomic mass is 32.2. The van der Waals surface area contributed by atoms with Crippen LogP contribution in [0.5, 0.6) is 0 Å². The van der Waals surface area contributed by atoms with Gasteiger partial charge in [0.25, 0.3) is 5.56 Å². The average Bonchev–Trinajstić information content (AvgIpc) is 2.65. The molecule has 16 heavy (non-hydrogen) atoms. The SMILES string of the molecule is C[C@@H](Sc1nc2nc[nH]c2c(=O)[nH]1)C(=O)O. The largest absolute Gasteiger partial charge is 0.480 e. The molecule has 0 radical (unpaired) electrons. The fourth-order valence-electron chi connectivity index (χ4n) is 1.10. The molecule has 0 saturated carbocycles. The Kier molecular flexibility index (Phi) is 2.65. The number of aliphatic carboxylic acids is 1. The van der Waals surface area contributed by atoms with Crippen LogP contribution < -0.4 is 5.56 Å². The van der Waals surface area contributed by atoms with Gasteiger partial charge < -0.3 is 10.1 Å². The number of nitrogens with one attached hydrogen (secondary N) is 2. The molecule has 8 heteroatoms. The summed E-state index contributed by atoms with van der Waals surface area (Å²) in [7, 11) is 0. The van der Waals surface area contributed by atoms with Crippen molar-refractivity contribution in [3.05, 3.63) is 16.7 Å². The molecule has 0 aliphatic heterocycles. The van der Waals surface area contributed by atoms with Crippen LogP contribution in [-0.2, 0) is 4.79 Å². The lowest BCUT2D eigenvalue weighted by Gasteiger charge is -2.03. The van der Waals surface area contributed by atoms with Crippen molar-refractivity contribution >= 4 is 28.9 Å². The Hall–Kier alpha value is -1.83. The lowest BCUT2D eigenvalue weighted by Crippen LogP contribution is -2.15. The quantitative estimate of drug-likeness (QED) is 0.522. The summed E-state index contributed by atoms with van der Waals surface area (Å²) in [6.45, 7) is 1.52. The second-order valence-electron chi connectivity index (χ2n) is 3.07. The topological polar surface area (TPSA) is 112 Å². The van der Waals surface area contributed by atoms with Gasteiger partial charge in [0.2, 0.25) is 0 Å². The second-order valence-corrected chi connectivity index (χ2v) is 4.40. The molecule has 0 spiro atoms. The highest BCUT2D eigenvalue weighted by Crippen LogP contribution is 2.18. The molecule has 7 nitrogen and oxygen atoms in total. The van der Waals surface area contributed by atoms with Crippen LogP contribution in [0.1, 0.15) is 6.92 Å². The summed E-state index contributed by atoms with van der Waals surface area (Å²) < 4.78 is 0. The average molecular weight is 240 g/mol. The third kappa shape index (κ3) is 1.91. The van der Waals surface area contributed by atoms with Gasteiger partial charge in [-0.1, -0.05) is 11.8 Å². The highest BCUT2D eigenvalue weighted by Gasteiger charge is 2.15. The summed E-state index contributed by atoms with van der Waals surface area (Å²) in [4.78, 5) is 35.1. The Morgan fingerprint density at radius 1 is 1.62 bits per heavy atom. The monoisotopic (exact) mass is 240 g/mol. The Morgan fingerprint density at radius 2 is 2.38 bits per heavy atom. The van der Waals surface area contributed by atoms with Gasteiger partial charge in [0, 0.05) is 0 Å². The number of fused-ring (bicyclic) bond motifs is 1. The van der Waals surface area contributed by atoms with Crippen LogP contribution in [0.3, 0.4) is 0 Å². The molecule has 2 rings (SSSR count). The molecule has 2 heterocycles. The maximum absolute atomic E-state index is 11.5. The van der Waals surface area contributed by atoms with E-state index in [0.29, 0.717) is 0 Å². The maximum atomic E-state index is 11.5. The number of imidazole rings is 1. The first-order valence-electron chi connectivity index (χ1n) is 4.41. The van der Waals surface area contributed by atoms with E-state index in [4.69, 9.17) is 5.11 Å². The first-order chi connectivity index (χ1) is 7.58. The van der Waals surface area contributed by atoms with Crippen LogP contribution >= 0.6 is 11.8 Å². The molecule has 2 aromatic rings. The predicted octanol–water partition coefficient (Wildman–Crippen LogP) is 0.211. The summed E-state index contributed by atoms with van der Waals surface area (Å²) in [6.07, 6.45) is 1.36. The first-order valence-corrected chi connectivity index (χ1v) is 5.29. The standard InChI is InChI=1S/C8H8N4O3S/c1-3(7(14)15)16-8-11-5-4(6(13)12-8)9-2-10-5/h2-3H,1H3,(H,14,15)(H2,9,10,11,12,13)/t3-/m1/s1.